The van der Waals surface area contributed by atoms with Gasteiger partial charge in [-0.25, -0.2) is 4.98 Å². The summed E-state index contributed by atoms with van der Waals surface area (Å²) in [5.74, 6) is 1.02. The van der Waals surface area contributed by atoms with E-state index in [1.807, 2.05) is 29.3 Å². The number of rotatable bonds is 5. The first-order valence-electron chi connectivity index (χ1n) is 8.92. The Bertz CT molecular complexity index is 892. The maximum atomic E-state index is 13.0. The summed E-state index contributed by atoms with van der Waals surface area (Å²) in [4.78, 5) is 23.4. The number of piperidine rings is 1. The van der Waals surface area contributed by atoms with Crippen LogP contribution in [0.4, 0.5) is 0 Å². The van der Waals surface area contributed by atoms with E-state index in [0.29, 0.717) is 23.7 Å². The van der Waals surface area contributed by atoms with Crippen LogP contribution in [0, 0.1) is 6.92 Å². The number of likely N-dealkylation sites (tertiary alicyclic amines) is 1. The third-order valence-corrected chi connectivity index (χ3v) is 5.42. The maximum absolute atomic E-state index is 13.0. The molecule has 1 saturated heterocycles. The SMILES string of the molecule is Cc1ccc(OCc2cc(C(=O)N3CCCC[C@@H]3c3nccs3)no2)cn1. The molecule has 0 spiro atoms. The Labute approximate surface area is 161 Å². The molecule has 1 amide bonds. The normalized spacial score (nSPS) is 17.1. The molecule has 8 heteroatoms. The second-order valence-electron chi connectivity index (χ2n) is 6.48. The molecule has 3 aromatic heterocycles. The molecule has 1 aliphatic rings. The van der Waals surface area contributed by atoms with E-state index in [9.17, 15) is 4.79 Å². The smallest absolute Gasteiger partial charge is 0.276 e. The molecule has 0 saturated carbocycles. The van der Waals surface area contributed by atoms with Crippen LogP contribution in [0.5, 0.6) is 5.75 Å². The summed E-state index contributed by atoms with van der Waals surface area (Å²) in [6, 6.07) is 5.38. The minimum atomic E-state index is -0.123. The van der Waals surface area contributed by atoms with E-state index < -0.39 is 0 Å². The van der Waals surface area contributed by atoms with Crippen LogP contribution < -0.4 is 4.74 Å². The van der Waals surface area contributed by atoms with E-state index in [-0.39, 0.29) is 18.6 Å². The molecule has 0 bridgehead atoms. The molecule has 1 atom stereocenters. The molecule has 4 rings (SSSR count). The highest BCUT2D eigenvalue weighted by molar-refractivity contribution is 7.09. The van der Waals surface area contributed by atoms with E-state index in [4.69, 9.17) is 9.26 Å². The average Bonchev–Trinajstić information content (AvgIpc) is 3.39. The summed E-state index contributed by atoms with van der Waals surface area (Å²) in [7, 11) is 0. The van der Waals surface area contributed by atoms with E-state index in [2.05, 4.69) is 15.1 Å². The van der Waals surface area contributed by atoms with Gasteiger partial charge in [-0.15, -0.1) is 11.3 Å². The number of thiazole rings is 1. The van der Waals surface area contributed by atoms with Gasteiger partial charge in [-0.05, 0) is 38.3 Å². The number of hydrogen-bond acceptors (Lipinski definition) is 7. The quantitative estimate of drug-likeness (QED) is 0.666. The summed E-state index contributed by atoms with van der Waals surface area (Å²) < 4.78 is 10.9. The molecule has 4 heterocycles. The summed E-state index contributed by atoms with van der Waals surface area (Å²) in [6.07, 6.45) is 6.44. The highest BCUT2D eigenvalue weighted by atomic mass is 32.1. The Morgan fingerprint density at radius 1 is 1.37 bits per heavy atom. The van der Waals surface area contributed by atoms with Gasteiger partial charge in [0.25, 0.3) is 5.91 Å². The van der Waals surface area contributed by atoms with E-state index in [1.165, 1.54) is 0 Å². The second-order valence-corrected chi connectivity index (χ2v) is 7.41. The zero-order chi connectivity index (χ0) is 18.6. The van der Waals surface area contributed by atoms with Crippen molar-refractivity contribution in [2.75, 3.05) is 6.54 Å². The molecule has 0 N–H and O–H groups in total. The van der Waals surface area contributed by atoms with Crippen molar-refractivity contribution in [3.8, 4) is 5.75 Å². The summed E-state index contributed by atoms with van der Waals surface area (Å²) in [6.45, 7) is 2.81. The predicted octanol–water partition coefficient (Wildman–Crippen LogP) is 3.78. The number of hydrogen-bond donors (Lipinski definition) is 0. The van der Waals surface area contributed by atoms with Crippen LogP contribution in [-0.2, 0) is 6.61 Å². The van der Waals surface area contributed by atoms with Crippen molar-refractivity contribution in [3.63, 3.8) is 0 Å². The van der Waals surface area contributed by atoms with E-state index in [0.717, 1.165) is 30.0 Å². The largest absolute Gasteiger partial charge is 0.484 e. The van der Waals surface area contributed by atoms with Crippen LogP contribution in [0.3, 0.4) is 0 Å². The number of pyridine rings is 1. The van der Waals surface area contributed by atoms with Gasteiger partial charge in [-0.2, -0.15) is 0 Å². The molecule has 3 aromatic rings. The first kappa shape index (κ1) is 17.7. The molecule has 0 radical (unpaired) electrons. The molecule has 0 aromatic carbocycles. The third-order valence-electron chi connectivity index (χ3n) is 4.54. The number of ether oxygens (including phenoxy) is 1. The van der Waals surface area contributed by atoms with Gasteiger partial charge in [-0.3, -0.25) is 9.78 Å². The minimum Gasteiger partial charge on any atom is -0.484 e. The van der Waals surface area contributed by atoms with Gasteiger partial charge in [0.1, 0.15) is 17.4 Å². The molecule has 7 nitrogen and oxygen atoms in total. The van der Waals surface area contributed by atoms with Crippen LogP contribution in [0.1, 0.15) is 52.3 Å². The Morgan fingerprint density at radius 2 is 2.30 bits per heavy atom. The predicted molar refractivity (Wildman–Crippen MR) is 99.6 cm³/mol. The molecule has 0 aliphatic carbocycles. The zero-order valence-corrected chi connectivity index (χ0v) is 15.8. The molecule has 140 valence electrons. The fourth-order valence-corrected chi connectivity index (χ4v) is 3.94. The van der Waals surface area contributed by atoms with E-state index in [1.54, 1.807) is 29.8 Å². The van der Waals surface area contributed by atoms with Gasteiger partial charge < -0.3 is 14.2 Å². The van der Waals surface area contributed by atoms with Crippen LogP contribution in [0.25, 0.3) is 0 Å². The van der Waals surface area contributed by atoms with Gasteiger partial charge in [0.05, 0.1) is 12.2 Å². The minimum absolute atomic E-state index is 0.0151. The van der Waals surface area contributed by atoms with Crippen molar-refractivity contribution in [1.29, 1.82) is 0 Å². The van der Waals surface area contributed by atoms with Crippen molar-refractivity contribution in [1.82, 2.24) is 20.0 Å². The van der Waals surface area contributed by atoms with Gasteiger partial charge in [-0.1, -0.05) is 5.16 Å². The van der Waals surface area contributed by atoms with Crippen molar-refractivity contribution < 1.29 is 14.1 Å². The standard InChI is InChI=1S/C19H20N4O3S/c1-13-5-6-14(11-21-13)25-12-15-10-16(22-26-15)19(24)23-8-3-2-4-17(23)18-20-7-9-27-18/h5-7,9-11,17H,2-4,8,12H2,1H3/t17-/m1/s1. The second kappa shape index (κ2) is 7.87. The maximum Gasteiger partial charge on any atom is 0.276 e. The van der Waals surface area contributed by atoms with Crippen LogP contribution >= 0.6 is 11.3 Å². The topological polar surface area (TPSA) is 81.4 Å². The van der Waals surface area contributed by atoms with Gasteiger partial charge in [0.2, 0.25) is 0 Å². The van der Waals surface area contributed by atoms with Gasteiger partial charge >= 0.3 is 0 Å². The monoisotopic (exact) mass is 384 g/mol. The first-order valence-corrected chi connectivity index (χ1v) is 9.80. The third kappa shape index (κ3) is 4.00. The van der Waals surface area contributed by atoms with Crippen molar-refractivity contribution >= 4 is 17.2 Å². The van der Waals surface area contributed by atoms with Crippen LogP contribution in [-0.4, -0.2) is 32.5 Å². The molecular formula is C19H20N4O3S. The highest BCUT2D eigenvalue weighted by Crippen LogP contribution is 2.33. The Hall–Kier alpha value is -2.74. The summed E-state index contributed by atoms with van der Waals surface area (Å²) in [5, 5.41) is 6.87. The van der Waals surface area contributed by atoms with Crippen molar-refractivity contribution in [3.05, 3.63) is 58.1 Å². The fraction of sp³-hybridized carbons (Fsp3) is 0.368. The number of aromatic nitrogens is 3. The number of carbonyl (C=O) groups is 1. The fourth-order valence-electron chi connectivity index (χ4n) is 3.15. The summed E-state index contributed by atoms with van der Waals surface area (Å²) >= 11 is 1.58. The Morgan fingerprint density at radius 3 is 3.07 bits per heavy atom. The van der Waals surface area contributed by atoms with Gasteiger partial charge in [0, 0.05) is 29.9 Å². The Balaban J connectivity index is 1.43. The zero-order valence-electron chi connectivity index (χ0n) is 15.0. The first-order chi connectivity index (χ1) is 13.2. The molecular weight excluding hydrogens is 364 g/mol. The molecule has 1 fully saturated rings. The van der Waals surface area contributed by atoms with Gasteiger partial charge in [0.15, 0.2) is 11.5 Å². The number of amides is 1. The summed E-state index contributed by atoms with van der Waals surface area (Å²) in [5.41, 5.74) is 1.23. The lowest BCUT2D eigenvalue weighted by Gasteiger charge is -2.33. The lowest BCUT2D eigenvalue weighted by Crippen LogP contribution is -2.38. The van der Waals surface area contributed by atoms with E-state index >= 15 is 0 Å². The highest BCUT2D eigenvalue weighted by Gasteiger charge is 2.31. The average molecular weight is 384 g/mol. The Kier molecular flexibility index (Phi) is 5.15. The molecule has 1 aliphatic heterocycles. The lowest BCUT2D eigenvalue weighted by atomic mass is 10.0. The molecule has 27 heavy (non-hydrogen) atoms. The van der Waals surface area contributed by atoms with Crippen LogP contribution in [0.2, 0.25) is 0 Å². The molecule has 0 unspecified atom stereocenters. The number of carbonyl (C=O) groups excluding carboxylic acids is 1. The van der Waals surface area contributed by atoms with Crippen molar-refractivity contribution in [2.24, 2.45) is 0 Å². The van der Waals surface area contributed by atoms with Crippen LogP contribution in [0.15, 0.2) is 40.5 Å². The lowest BCUT2D eigenvalue weighted by molar-refractivity contribution is 0.0600. The van der Waals surface area contributed by atoms with Crippen molar-refractivity contribution in [2.45, 2.75) is 38.8 Å². The number of nitrogens with zero attached hydrogens (tertiary/aromatic N) is 4. The number of aryl methyl sites for hydroxylation is 1.